The lowest BCUT2D eigenvalue weighted by molar-refractivity contribution is 1.05. The van der Waals surface area contributed by atoms with Crippen LogP contribution in [-0.4, -0.2) is 11.3 Å². The van der Waals surface area contributed by atoms with Gasteiger partial charge in [0.25, 0.3) is 0 Å². The van der Waals surface area contributed by atoms with Gasteiger partial charge in [0.2, 0.25) is 0 Å². The fraction of sp³-hybridized carbons (Fsp3) is 0.125. The first kappa shape index (κ1) is 14.2. The number of hydrazone groups is 1. The minimum absolute atomic E-state index is 0.475. The molecule has 102 valence electrons. The van der Waals surface area contributed by atoms with Crippen LogP contribution in [0.25, 0.3) is 0 Å². The van der Waals surface area contributed by atoms with Crippen molar-refractivity contribution >= 4 is 29.2 Å². The molecule has 2 aromatic carbocycles. The molecule has 0 heterocycles. The van der Waals surface area contributed by atoms with Gasteiger partial charge in [-0.1, -0.05) is 48.0 Å². The van der Waals surface area contributed by atoms with E-state index in [-0.39, 0.29) is 0 Å². The summed E-state index contributed by atoms with van der Waals surface area (Å²) in [6.07, 6.45) is 1.74. The Kier molecular flexibility index (Phi) is 4.85. The molecule has 0 fully saturated rings. The molecule has 4 heteroatoms. The molecule has 0 unspecified atom stereocenters. The van der Waals surface area contributed by atoms with E-state index in [1.54, 1.807) is 6.21 Å². The maximum Gasteiger partial charge on any atom is 0.191 e. The van der Waals surface area contributed by atoms with Gasteiger partial charge in [0.05, 0.1) is 6.21 Å². The lowest BCUT2D eigenvalue weighted by Gasteiger charge is -2.09. The molecule has 0 aromatic heterocycles. The Hall–Kier alpha value is -2.20. The van der Waals surface area contributed by atoms with Crippen LogP contribution >= 0.6 is 12.2 Å². The second-order valence-electron chi connectivity index (χ2n) is 4.55. The molecular formula is C16H17N3S. The molecule has 2 N–H and O–H groups in total. The third-order valence-corrected chi connectivity index (χ3v) is 3.04. The van der Waals surface area contributed by atoms with Gasteiger partial charge >= 0.3 is 0 Å². The van der Waals surface area contributed by atoms with Gasteiger partial charge in [-0.2, -0.15) is 5.10 Å². The summed E-state index contributed by atoms with van der Waals surface area (Å²) in [6, 6.07) is 16.1. The van der Waals surface area contributed by atoms with Crippen molar-refractivity contribution in [3.8, 4) is 0 Å². The van der Waals surface area contributed by atoms with Gasteiger partial charge in [0.15, 0.2) is 5.11 Å². The molecule has 0 aliphatic rings. The fourth-order valence-electron chi connectivity index (χ4n) is 1.68. The number of hydrogen-bond donors (Lipinski definition) is 2. The van der Waals surface area contributed by atoms with Gasteiger partial charge in [-0.15, -0.1) is 0 Å². The predicted molar refractivity (Wildman–Crippen MR) is 89.3 cm³/mol. The molecule has 0 radical (unpaired) electrons. The fourth-order valence-corrected chi connectivity index (χ4v) is 1.84. The summed E-state index contributed by atoms with van der Waals surface area (Å²) in [7, 11) is 0. The molecule has 0 spiro atoms. The Labute approximate surface area is 124 Å². The second kappa shape index (κ2) is 6.82. The van der Waals surface area contributed by atoms with Crippen LogP contribution in [0.3, 0.4) is 0 Å². The van der Waals surface area contributed by atoms with E-state index in [0.29, 0.717) is 5.11 Å². The number of aryl methyl sites for hydroxylation is 2. The van der Waals surface area contributed by atoms with Crippen LogP contribution in [0.1, 0.15) is 16.7 Å². The normalized spacial score (nSPS) is 10.5. The van der Waals surface area contributed by atoms with Crippen molar-refractivity contribution in [2.75, 3.05) is 5.32 Å². The molecule has 0 saturated carbocycles. The minimum Gasteiger partial charge on any atom is -0.331 e. The number of nitrogens with one attached hydrogen (secondary N) is 2. The van der Waals surface area contributed by atoms with Crippen molar-refractivity contribution in [1.82, 2.24) is 5.43 Å². The molecule has 0 saturated heterocycles. The molecule has 0 aliphatic heterocycles. The molecule has 2 rings (SSSR count). The first-order valence-electron chi connectivity index (χ1n) is 6.37. The van der Waals surface area contributed by atoms with E-state index in [4.69, 9.17) is 12.2 Å². The van der Waals surface area contributed by atoms with Crippen LogP contribution in [0.4, 0.5) is 5.69 Å². The first-order valence-corrected chi connectivity index (χ1v) is 6.78. The van der Waals surface area contributed by atoms with Crippen LogP contribution in [0.2, 0.25) is 0 Å². The third kappa shape index (κ3) is 4.17. The van der Waals surface area contributed by atoms with Gasteiger partial charge in [0.1, 0.15) is 0 Å². The van der Waals surface area contributed by atoms with E-state index in [9.17, 15) is 0 Å². The van der Waals surface area contributed by atoms with E-state index in [1.165, 1.54) is 5.56 Å². The quantitative estimate of drug-likeness (QED) is 0.513. The summed E-state index contributed by atoms with van der Waals surface area (Å²) >= 11 is 5.20. The maximum atomic E-state index is 5.20. The van der Waals surface area contributed by atoms with Gasteiger partial charge in [-0.25, -0.2) is 0 Å². The molecule has 2 aromatic rings. The number of thiocarbonyl (C=S) groups is 1. The first-order chi connectivity index (χ1) is 9.65. The summed E-state index contributed by atoms with van der Waals surface area (Å²) in [5, 5.41) is 7.71. The van der Waals surface area contributed by atoms with Crippen LogP contribution in [0, 0.1) is 13.8 Å². The zero-order valence-corrected chi connectivity index (χ0v) is 12.4. The molecule has 20 heavy (non-hydrogen) atoms. The van der Waals surface area contributed by atoms with Crippen LogP contribution in [0.5, 0.6) is 0 Å². The highest BCUT2D eigenvalue weighted by atomic mass is 32.1. The van der Waals surface area contributed by atoms with Crippen molar-refractivity contribution in [1.29, 1.82) is 0 Å². The van der Waals surface area contributed by atoms with Crippen LogP contribution in [-0.2, 0) is 0 Å². The second-order valence-corrected chi connectivity index (χ2v) is 4.96. The lowest BCUT2D eigenvalue weighted by Crippen LogP contribution is -2.24. The summed E-state index contributed by atoms with van der Waals surface area (Å²) in [6.45, 7) is 4.08. The average Bonchev–Trinajstić information content (AvgIpc) is 2.44. The van der Waals surface area contributed by atoms with Gasteiger partial charge < -0.3 is 5.32 Å². The van der Waals surface area contributed by atoms with E-state index >= 15 is 0 Å². The molecular weight excluding hydrogens is 266 g/mol. The largest absolute Gasteiger partial charge is 0.331 e. The highest BCUT2D eigenvalue weighted by Crippen LogP contribution is 2.12. The summed E-state index contributed by atoms with van der Waals surface area (Å²) in [5.41, 5.74) is 7.19. The topological polar surface area (TPSA) is 36.4 Å². The highest BCUT2D eigenvalue weighted by Gasteiger charge is 1.98. The molecule has 0 bridgehead atoms. The van der Waals surface area contributed by atoms with E-state index in [1.807, 2.05) is 55.5 Å². The number of rotatable bonds is 3. The zero-order chi connectivity index (χ0) is 14.4. The Balaban J connectivity index is 1.89. The highest BCUT2D eigenvalue weighted by molar-refractivity contribution is 7.80. The van der Waals surface area contributed by atoms with E-state index in [2.05, 4.69) is 22.8 Å². The molecule has 0 atom stereocenters. The van der Waals surface area contributed by atoms with Gasteiger partial charge in [-0.05, 0) is 43.3 Å². The van der Waals surface area contributed by atoms with Crippen molar-refractivity contribution in [2.24, 2.45) is 5.10 Å². The average molecular weight is 283 g/mol. The van der Waals surface area contributed by atoms with Crippen molar-refractivity contribution in [3.63, 3.8) is 0 Å². The van der Waals surface area contributed by atoms with E-state index in [0.717, 1.165) is 16.8 Å². The number of anilines is 1. The SMILES string of the molecule is Cc1ccc(/C=N\NC(=S)Nc2ccccc2C)cc1. The third-order valence-electron chi connectivity index (χ3n) is 2.85. The Bertz CT molecular complexity index is 618. The summed E-state index contributed by atoms with van der Waals surface area (Å²) in [4.78, 5) is 0. The van der Waals surface area contributed by atoms with E-state index < -0.39 is 0 Å². The Morgan fingerprint density at radius 3 is 2.45 bits per heavy atom. The standard InChI is InChI=1S/C16H17N3S/c1-12-7-9-14(10-8-12)11-17-19-16(20)18-15-6-4-3-5-13(15)2/h3-11H,1-2H3,(H2,18,19,20)/b17-11-. The molecule has 3 nitrogen and oxygen atoms in total. The van der Waals surface area contributed by atoms with Gasteiger partial charge in [-0.3, -0.25) is 5.43 Å². The zero-order valence-electron chi connectivity index (χ0n) is 11.6. The summed E-state index contributed by atoms with van der Waals surface area (Å²) in [5.74, 6) is 0. The summed E-state index contributed by atoms with van der Waals surface area (Å²) < 4.78 is 0. The smallest absolute Gasteiger partial charge is 0.191 e. The van der Waals surface area contributed by atoms with Crippen molar-refractivity contribution < 1.29 is 0 Å². The van der Waals surface area contributed by atoms with Gasteiger partial charge in [0, 0.05) is 5.69 Å². The van der Waals surface area contributed by atoms with Crippen LogP contribution in [0.15, 0.2) is 53.6 Å². The number of benzene rings is 2. The molecule has 0 amide bonds. The van der Waals surface area contributed by atoms with Crippen LogP contribution < -0.4 is 10.7 Å². The predicted octanol–water partition coefficient (Wildman–Crippen LogP) is 3.62. The Morgan fingerprint density at radius 1 is 1.05 bits per heavy atom. The number of nitrogens with zero attached hydrogens (tertiary/aromatic N) is 1. The monoisotopic (exact) mass is 283 g/mol. The Morgan fingerprint density at radius 2 is 1.75 bits per heavy atom. The lowest BCUT2D eigenvalue weighted by atomic mass is 10.2. The van der Waals surface area contributed by atoms with Crippen molar-refractivity contribution in [3.05, 3.63) is 65.2 Å². The number of hydrogen-bond acceptors (Lipinski definition) is 2. The number of para-hydroxylation sites is 1. The minimum atomic E-state index is 0.475. The van der Waals surface area contributed by atoms with Crippen molar-refractivity contribution in [2.45, 2.75) is 13.8 Å². The molecule has 0 aliphatic carbocycles. The maximum absolute atomic E-state index is 5.20.